The maximum atomic E-state index is 13.0. The molecule has 0 spiro atoms. The van der Waals surface area contributed by atoms with E-state index < -0.39 is 0 Å². The molecule has 30 heavy (non-hydrogen) atoms. The van der Waals surface area contributed by atoms with Gasteiger partial charge < -0.3 is 15.0 Å². The molecule has 1 saturated heterocycles. The zero-order chi connectivity index (χ0) is 21.3. The SMILES string of the molecule is CC(C)(C)Nc1ncc2ccc(-c3ccc(Cl)c(C(=O)N4CCOCC4)c3)cc2n1. The summed E-state index contributed by atoms with van der Waals surface area (Å²) in [5.41, 5.74) is 3.10. The smallest absolute Gasteiger partial charge is 0.255 e. The standard InChI is InChI=1S/C23H25ClN4O2/c1-23(2,3)27-22-25-14-17-5-4-16(13-20(17)26-22)15-6-7-19(24)18(12-15)21(29)28-8-10-30-11-9-28/h4-7,12-14H,8-11H2,1-3H3,(H,25,26,27). The Balaban J connectivity index is 1.68. The number of carbonyl (C=O) groups is 1. The lowest BCUT2D eigenvalue weighted by molar-refractivity contribution is 0.0303. The molecular weight excluding hydrogens is 400 g/mol. The van der Waals surface area contributed by atoms with Gasteiger partial charge in [-0.05, 0) is 50.1 Å². The first kappa shape index (κ1) is 20.6. The number of halogens is 1. The van der Waals surface area contributed by atoms with Gasteiger partial charge in [-0.15, -0.1) is 0 Å². The van der Waals surface area contributed by atoms with Crippen molar-refractivity contribution in [3.05, 3.63) is 53.2 Å². The molecule has 0 aliphatic carbocycles. The first-order valence-electron chi connectivity index (χ1n) is 10.0. The van der Waals surface area contributed by atoms with E-state index in [-0.39, 0.29) is 11.4 Å². The van der Waals surface area contributed by atoms with Crippen LogP contribution in [0.25, 0.3) is 22.0 Å². The molecule has 0 atom stereocenters. The van der Waals surface area contributed by atoms with Gasteiger partial charge in [-0.3, -0.25) is 4.79 Å². The zero-order valence-electron chi connectivity index (χ0n) is 17.4. The van der Waals surface area contributed by atoms with E-state index in [0.717, 1.165) is 22.0 Å². The molecule has 0 bridgehead atoms. The van der Waals surface area contributed by atoms with E-state index in [2.05, 4.69) is 36.1 Å². The summed E-state index contributed by atoms with van der Waals surface area (Å²) >= 11 is 6.37. The van der Waals surface area contributed by atoms with Crippen molar-refractivity contribution in [3.63, 3.8) is 0 Å². The van der Waals surface area contributed by atoms with Gasteiger partial charge >= 0.3 is 0 Å². The highest BCUT2D eigenvalue weighted by molar-refractivity contribution is 6.34. The number of fused-ring (bicyclic) bond motifs is 1. The van der Waals surface area contributed by atoms with Crippen LogP contribution in [-0.2, 0) is 4.74 Å². The Kier molecular flexibility index (Phi) is 5.62. The number of nitrogens with zero attached hydrogens (tertiary/aromatic N) is 3. The topological polar surface area (TPSA) is 67.4 Å². The van der Waals surface area contributed by atoms with Crippen LogP contribution in [0, 0.1) is 0 Å². The first-order chi connectivity index (χ1) is 14.3. The summed E-state index contributed by atoms with van der Waals surface area (Å²) in [6.45, 7) is 8.47. The van der Waals surface area contributed by atoms with E-state index in [1.807, 2.05) is 36.5 Å². The van der Waals surface area contributed by atoms with Gasteiger partial charge in [-0.2, -0.15) is 0 Å². The summed E-state index contributed by atoms with van der Waals surface area (Å²) in [6, 6.07) is 11.6. The van der Waals surface area contributed by atoms with Crippen molar-refractivity contribution in [2.75, 3.05) is 31.6 Å². The molecule has 0 unspecified atom stereocenters. The fourth-order valence-corrected chi connectivity index (χ4v) is 3.60. The fraction of sp³-hybridized carbons (Fsp3) is 0.348. The molecule has 1 fully saturated rings. The predicted molar refractivity (Wildman–Crippen MR) is 120 cm³/mol. The number of carbonyl (C=O) groups excluding carboxylic acids is 1. The summed E-state index contributed by atoms with van der Waals surface area (Å²) in [7, 11) is 0. The largest absolute Gasteiger partial charge is 0.378 e. The van der Waals surface area contributed by atoms with Gasteiger partial charge in [0, 0.05) is 30.2 Å². The second-order valence-corrected chi connectivity index (χ2v) is 8.85. The monoisotopic (exact) mass is 424 g/mol. The van der Waals surface area contributed by atoms with Gasteiger partial charge in [0.05, 0.1) is 29.3 Å². The van der Waals surface area contributed by atoms with Crippen molar-refractivity contribution >= 4 is 34.4 Å². The third-order valence-corrected chi connectivity index (χ3v) is 5.23. The van der Waals surface area contributed by atoms with Gasteiger partial charge in [-0.25, -0.2) is 9.97 Å². The van der Waals surface area contributed by atoms with Crippen LogP contribution in [0.1, 0.15) is 31.1 Å². The average molecular weight is 425 g/mol. The van der Waals surface area contributed by atoms with Gasteiger partial charge in [0.25, 0.3) is 5.91 Å². The number of benzene rings is 2. The fourth-order valence-electron chi connectivity index (χ4n) is 3.40. The number of hydrogen-bond acceptors (Lipinski definition) is 5. The molecule has 2 heterocycles. The second-order valence-electron chi connectivity index (χ2n) is 8.44. The number of rotatable bonds is 3. The first-order valence-corrected chi connectivity index (χ1v) is 10.4. The molecule has 1 N–H and O–H groups in total. The molecule has 1 aliphatic heterocycles. The molecule has 1 amide bonds. The molecule has 0 radical (unpaired) electrons. The minimum Gasteiger partial charge on any atom is -0.378 e. The summed E-state index contributed by atoms with van der Waals surface area (Å²) in [6.07, 6.45) is 1.81. The van der Waals surface area contributed by atoms with Crippen LogP contribution in [0.2, 0.25) is 5.02 Å². The van der Waals surface area contributed by atoms with Gasteiger partial charge in [-0.1, -0.05) is 29.8 Å². The van der Waals surface area contributed by atoms with E-state index in [1.165, 1.54) is 0 Å². The third kappa shape index (κ3) is 4.55. The summed E-state index contributed by atoms with van der Waals surface area (Å²) in [5, 5.41) is 4.71. The lowest BCUT2D eigenvalue weighted by Gasteiger charge is -2.27. The second kappa shape index (κ2) is 8.20. The number of amides is 1. The lowest BCUT2D eigenvalue weighted by Crippen LogP contribution is -2.40. The molecule has 156 valence electrons. The third-order valence-electron chi connectivity index (χ3n) is 4.90. The minimum atomic E-state index is -0.129. The van der Waals surface area contributed by atoms with Crippen LogP contribution in [0.4, 0.5) is 5.95 Å². The Morgan fingerprint density at radius 2 is 1.80 bits per heavy atom. The van der Waals surface area contributed by atoms with Crippen molar-refractivity contribution in [2.45, 2.75) is 26.3 Å². The number of ether oxygens (including phenoxy) is 1. The Bertz CT molecular complexity index is 1090. The van der Waals surface area contributed by atoms with Crippen molar-refractivity contribution in [2.24, 2.45) is 0 Å². The van der Waals surface area contributed by atoms with Crippen molar-refractivity contribution in [1.29, 1.82) is 0 Å². The van der Waals surface area contributed by atoms with Crippen LogP contribution >= 0.6 is 11.6 Å². The van der Waals surface area contributed by atoms with Gasteiger partial charge in [0.1, 0.15) is 0 Å². The van der Waals surface area contributed by atoms with Crippen LogP contribution < -0.4 is 5.32 Å². The van der Waals surface area contributed by atoms with Crippen molar-refractivity contribution < 1.29 is 9.53 Å². The van der Waals surface area contributed by atoms with Gasteiger partial charge in [0.15, 0.2) is 0 Å². The molecule has 1 aromatic heterocycles. The molecule has 1 aliphatic rings. The zero-order valence-corrected chi connectivity index (χ0v) is 18.2. The highest BCUT2D eigenvalue weighted by atomic mass is 35.5. The van der Waals surface area contributed by atoms with Crippen molar-refractivity contribution in [1.82, 2.24) is 14.9 Å². The van der Waals surface area contributed by atoms with Crippen molar-refractivity contribution in [3.8, 4) is 11.1 Å². The van der Waals surface area contributed by atoms with Crippen LogP contribution in [-0.4, -0.2) is 52.6 Å². The number of morpholine rings is 1. The maximum absolute atomic E-state index is 13.0. The van der Waals surface area contributed by atoms with E-state index in [9.17, 15) is 4.79 Å². The minimum absolute atomic E-state index is 0.0649. The number of aromatic nitrogens is 2. The Morgan fingerprint density at radius 3 is 2.53 bits per heavy atom. The molecule has 6 nitrogen and oxygen atoms in total. The molecular formula is C23H25ClN4O2. The van der Waals surface area contributed by atoms with Crippen LogP contribution in [0.5, 0.6) is 0 Å². The highest BCUT2D eigenvalue weighted by Gasteiger charge is 2.21. The maximum Gasteiger partial charge on any atom is 0.255 e. The molecule has 2 aromatic carbocycles. The Hall–Kier alpha value is -2.70. The summed E-state index contributed by atoms with van der Waals surface area (Å²) < 4.78 is 5.35. The molecule has 3 aromatic rings. The lowest BCUT2D eigenvalue weighted by atomic mass is 10.0. The van der Waals surface area contributed by atoms with E-state index in [1.54, 1.807) is 11.0 Å². The van der Waals surface area contributed by atoms with Crippen LogP contribution in [0.15, 0.2) is 42.6 Å². The molecule has 4 rings (SSSR count). The Morgan fingerprint density at radius 1 is 1.10 bits per heavy atom. The normalized spacial score (nSPS) is 14.7. The quantitative estimate of drug-likeness (QED) is 0.663. The number of hydrogen-bond donors (Lipinski definition) is 1. The van der Waals surface area contributed by atoms with E-state index >= 15 is 0 Å². The van der Waals surface area contributed by atoms with Gasteiger partial charge in [0.2, 0.25) is 5.95 Å². The summed E-state index contributed by atoms with van der Waals surface area (Å²) in [4.78, 5) is 23.8. The summed E-state index contributed by atoms with van der Waals surface area (Å²) in [5.74, 6) is 0.524. The number of anilines is 1. The average Bonchev–Trinajstić information content (AvgIpc) is 2.72. The predicted octanol–water partition coefficient (Wildman–Crippen LogP) is 4.63. The van der Waals surface area contributed by atoms with E-state index in [4.69, 9.17) is 16.3 Å². The van der Waals surface area contributed by atoms with Crippen LogP contribution in [0.3, 0.4) is 0 Å². The Labute approximate surface area is 181 Å². The molecule has 0 saturated carbocycles. The number of nitrogens with one attached hydrogen (secondary N) is 1. The molecule has 7 heteroatoms. The highest BCUT2D eigenvalue weighted by Crippen LogP contribution is 2.29. The van der Waals surface area contributed by atoms with E-state index in [0.29, 0.717) is 42.8 Å².